The molecule has 0 spiro atoms. The highest BCUT2D eigenvalue weighted by Gasteiger charge is 2.10. The first-order valence-corrected chi connectivity index (χ1v) is 5.77. The molecule has 0 saturated heterocycles. The van der Waals surface area contributed by atoms with Gasteiger partial charge in [0.05, 0.1) is 18.3 Å². The number of carbonyl (C=O) groups excluding carboxylic acids is 1. The predicted molar refractivity (Wildman–Crippen MR) is 66.7 cm³/mol. The third-order valence-corrected chi connectivity index (χ3v) is 2.26. The van der Waals surface area contributed by atoms with E-state index in [1.54, 1.807) is 6.92 Å². The number of ether oxygens (including phenoxy) is 1. The van der Waals surface area contributed by atoms with Crippen LogP contribution in [0.4, 0.5) is 5.82 Å². The van der Waals surface area contributed by atoms with Crippen molar-refractivity contribution < 1.29 is 9.53 Å². The van der Waals surface area contributed by atoms with Crippen LogP contribution < -0.4 is 5.32 Å². The summed E-state index contributed by atoms with van der Waals surface area (Å²) in [5.74, 6) is 0.970. The highest BCUT2D eigenvalue weighted by molar-refractivity contribution is 6.32. The molecule has 0 amide bonds. The Morgan fingerprint density at radius 1 is 1.47 bits per heavy atom. The van der Waals surface area contributed by atoms with E-state index in [9.17, 15) is 4.79 Å². The van der Waals surface area contributed by atoms with Gasteiger partial charge in [0.1, 0.15) is 16.8 Å². The van der Waals surface area contributed by atoms with Crippen LogP contribution in [0.5, 0.6) is 0 Å². The molecule has 0 aliphatic heterocycles. The summed E-state index contributed by atoms with van der Waals surface area (Å²) in [6.45, 7) is 6.74. The summed E-state index contributed by atoms with van der Waals surface area (Å²) in [4.78, 5) is 18.9. The van der Waals surface area contributed by atoms with E-state index in [4.69, 9.17) is 16.3 Å². The number of aryl methyl sites for hydroxylation is 1. The maximum absolute atomic E-state index is 10.9. The molecule has 6 heteroatoms. The van der Waals surface area contributed by atoms with Crippen molar-refractivity contribution in [2.75, 3.05) is 18.5 Å². The van der Waals surface area contributed by atoms with Gasteiger partial charge in [-0.15, -0.1) is 0 Å². The second-order valence-corrected chi connectivity index (χ2v) is 4.15. The standard InChI is InChI=1S/C11H16ClN3O2/c1-7(2)17-5-4-13-11-9(6-16)10(12)14-8(3)15-11/h6-7H,4-5H2,1-3H3,(H,13,14,15). The molecule has 0 saturated carbocycles. The van der Waals surface area contributed by atoms with Gasteiger partial charge < -0.3 is 10.1 Å². The molecule has 0 bridgehead atoms. The summed E-state index contributed by atoms with van der Waals surface area (Å²) < 4.78 is 5.37. The Hall–Kier alpha value is -1.20. The molecule has 5 nitrogen and oxygen atoms in total. The van der Waals surface area contributed by atoms with Crippen molar-refractivity contribution in [3.05, 3.63) is 16.5 Å². The van der Waals surface area contributed by atoms with Gasteiger partial charge in [-0.2, -0.15) is 0 Å². The molecule has 1 N–H and O–H groups in total. The topological polar surface area (TPSA) is 64.1 Å². The van der Waals surface area contributed by atoms with Crippen LogP contribution in [0.2, 0.25) is 5.15 Å². The van der Waals surface area contributed by atoms with E-state index >= 15 is 0 Å². The molecule has 94 valence electrons. The summed E-state index contributed by atoms with van der Waals surface area (Å²) in [5.41, 5.74) is 0.279. The third-order valence-electron chi connectivity index (χ3n) is 1.97. The maximum atomic E-state index is 10.9. The Morgan fingerprint density at radius 2 is 2.18 bits per heavy atom. The predicted octanol–water partition coefficient (Wildman–Crippen LogP) is 2.09. The van der Waals surface area contributed by atoms with Gasteiger partial charge in [0.25, 0.3) is 0 Å². The van der Waals surface area contributed by atoms with E-state index in [0.717, 1.165) is 0 Å². The van der Waals surface area contributed by atoms with Crippen molar-refractivity contribution in [1.29, 1.82) is 0 Å². The number of hydrogen-bond acceptors (Lipinski definition) is 5. The van der Waals surface area contributed by atoms with E-state index in [-0.39, 0.29) is 16.8 Å². The molecule has 0 aromatic carbocycles. The molecular weight excluding hydrogens is 242 g/mol. The molecule has 17 heavy (non-hydrogen) atoms. The quantitative estimate of drug-likeness (QED) is 0.480. The van der Waals surface area contributed by atoms with Crippen LogP contribution in [0.1, 0.15) is 30.0 Å². The SMILES string of the molecule is Cc1nc(Cl)c(C=O)c(NCCOC(C)C)n1. The fraction of sp³-hybridized carbons (Fsp3) is 0.545. The fourth-order valence-electron chi connectivity index (χ4n) is 1.25. The largest absolute Gasteiger partial charge is 0.377 e. The number of aromatic nitrogens is 2. The number of carbonyl (C=O) groups is 1. The van der Waals surface area contributed by atoms with Crippen LogP contribution in [-0.4, -0.2) is 35.5 Å². The van der Waals surface area contributed by atoms with Crippen LogP contribution in [0, 0.1) is 6.92 Å². The highest BCUT2D eigenvalue weighted by atomic mass is 35.5. The van der Waals surface area contributed by atoms with Gasteiger partial charge in [0.15, 0.2) is 6.29 Å². The van der Waals surface area contributed by atoms with E-state index in [1.165, 1.54) is 0 Å². The first-order valence-electron chi connectivity index (χ1n) is 5.39. The summed E-state index contributed by atoms with van der Waals surface area (Å²) in [6.07, 6.45) is 0.825. The smallest absolute Gasteiger partial charge is 0.156 e. The molecule has 0 aliphatic rings. The van der Waals surface area contributed by atoms with Gasteiger partial charge in [0.2, 0.25) is 0 Å². The molecule has 0 aliphatic carbocycles. The van der Waals surface area contributed by atoms with E-state index in [2.05, 4.69) is 15.3 Å². The average molecular weight is 258 g/mol. The summed E-state index contributed by atoms with van der Waals surface area (Å²) in [5, 5.41) is 3.18. The lowest BCUT2D eigenvalue weighted by Crippen LogP contribution is -2.15. The van der Waals surface area contributed by atoms with Gasteiger partial charge >= 0.3 is 0 Å². The van der Waals surface area contributed by atoms with Crippen molar-refractivity contribution in [3.8, 4) is 0 Å². The molecule has 0 unspecified atom stereocenters. The number of aldehydes is 1. The maximum Gasteiger partial charge on any atom is 0.156 e. The van der Waals surface area contributed by atoms with Gasteiger partial charge in [-0.3, -0.25) is 4.79 Å². The van der Waals surface area contributed by atoms with Crippen molar-refractivity contribution in [2.45, 2.75) is 26.9 Å². The summed E-state index contributed by atoms with van der Waals surface area (Å²) >= 11 is 5.84. The normalized spacial score (nSPS) is 10.6. The van der Waals surface area contributed by atoms with E-state index in [1.807, 2.05) is 13.8 Å². The Labute approximate surface area is 106 Å². The van der Waals surface area contributed by atoms with E-state index < -0.39 is 0 Å². The summed E-state index contributed by atoms with van der Waals surface area (Å²) in [7, 11) is 0. The number of anilines is 1. The molecule has 1 heterocycles. The van der Waals surface area contributed by atoms with Gasteiger partial charge in [-0.25, -0.2) is 9.97 Å². The lowest BCUT2D eigenvalue weighted by atomic mass is 10.3. The summed E-state index contributed by atoms with van der Waals surface area (Å²) in [6, 6.07) is 0. The Morgan fingerprint density at radius 3 is 2.76 bits per heavy atom. The molecule has 0 fully saturated rings. The molecule has 0 atom stereocenters. The van der Waals surface area contributed by atoms with E-state index in [0.29, 0.717) is 31.1 Å². The van der Waals surface area contributed by atoms with Crippen LogP contribution in [0.3, 0.4) is 0 Å². The Balaban J connectivity index is 2.66. The lowest BCUT2D eigenvalue weighted by molar-refractivity contribution is 0.0870. The van der Waals surface area contributed by atoms with Crippen molar-refractivity contribution >= 4 is 23.7 Å². The zero-order valence-electron chi connectivity index (χ0n) is 10.2. The molecule has 1 aromatic heterocycles. The average Bonchev–Trinajstić information content (AvgIpc) is 2.23. The number of hydrogen-bond donors (Lipinski definition) is 1. The number of halogens is 1. The minimum atomic E-state index is 0.166. The minimum absolute atomic E-state index is 0.166. The first-order chi connectivity index (χ1) is 8.04. The lowest BCUT2D eigenvalue weighted by Gasteiger charge is -2.11. The first kappa shape index (κ1) is 13.9. The molecule has 1 aromatic rings. The van der Waals surface area contributed by atoms with Crippen molar-refractivity contribution in [2.24, 2.45) is 0 Å². The second kappa shape index (κ2) is 6.51. The second-order valence-electron chi connectivity index (χ2n) is 3.79. The molecule has 1 rings (SSSR count). The van der Waals surface area contributed by atoms with Crippen molar-refractivity contribution in [1.82, 2.24) is 9.97 Å². The van der Waals surface area contributed by atoms with Crippen LogP contribution in [0.25, 0.3) is 0 Å². The monoisotopic (exact) mass is 257 g/mol. The van der Waals surface area contributed by atoms with Crippen LogP contribution in [0.15, 0.2) is 0 Å². The van der Waals surface area contributed by atoms with Crippen LogP contribution in [-0.2, 0) is 4.74 Å². The molecular formula is C11H16ClN3O2. The highest BCUT2D eigenvalue weighted by Crippen LogP contribution is 2.18. The number of nitrogens with zero attached hydrogens (tertiary/aromatic N) is 2. The minimum Gasteiger partial charge on any atom is -0.377 e. The van der Waals surface area contributed by atoms with Crippen molar-refractivity contribution in [3.63, 3.8) is 0 Å². The third kappa shape index (κ3) is 4.28. The zero-order chi connectivity index (χ0) is 12.8. The Kier molecular flexibility index (Phi) is 5.31. The Bertz CT molecular complexity index is 397. The fourth-order valence-corrected chi connectivity index (χ4v) is 1.51. The van der Waals surface area contributed by atoms with Crippen LogP contribution >= 0.6 is 11.6 Å². The van der Waals surface area contributed by atoms with Gasteiger partial charge in [-0.1, -0.05) is 11.6 Å². The van der Waals surface area contributed by atoms with Gasteiger partial charge in [0, 0.05) is 6.54 Å². The number of rotatable bonds is 6. The van der Waals surface area contributed by atoms with Gasteiger partial charge in [-0.05, 0) is 20.8 Å². The molecule has 0 radical (unpaired) electrons. The number of nitrogens with one attached hydrogen (secondary N) is 1. The zero-order valence-corrected chi connectivity index (χ0v) is 10.9.